The molecule has 0 saturated carbocycles. The Hall–Kier alpha value is -0.740. The predicted octanol–water partition coefficient (Wildman–Crippen LogP) is 5.01. The lowest BCUT2D eigenvalue weighted by molar-refractivity contribution is 0.530. The molecule has 6 heteroatoms. The molecule has 3 aromatic rings. The minimum Gasteiger partial charge on any atom is -0.297 e. The lowest BCUT2D eigenvalue weighted by atomic mass is 9.80. The van der Waals surface area contributed by atoms with Crippen LogP contribution >= 0.6 is 46.1 Å². The van der Waals surface area contributed by atoms with Gasteiger partial charge in [0.25, 0.3) is 0 Å². The third-order valence-electron chi connectivity index (χ3n) is 3.61. The highest BCUT2D eigenvalue weighted by molar-refractivity contribution is 7.15. The van der Waals surface area contributed by atoms with Crippen molar-refractivity contribution in [1.29, 1.82) is 0 Å². The normalized spacial score (nSPS) is 12.1. The van der Waals surface area contributed by atoms with Crippen molar-refractivity contribution >= 4 is 51.1 Å². The van der Waals surface area contributed by atoms with E-state index >= 15 is 0 Å². The SMILES string of the molecule is ClCC(CCl)(Cc1cn2ccsc2n1)c1cccc(Cl)c1. The molecule has 2 aromatic heterocycles. The van der Waals surface area contributed by atoms with Crippen molar-refractivity contribution in [3.8, 4) is 0 Å². The zero-order valence-electron chi connectivity index (χ0n) is 11.1. The van der Waals surface area contributed by atoms with E-state index < -0.39 is 0 Å². The summed E-state index contributed by atoms with van der Waals surface area (Å²) in [7, 11) is 0. The van der Waals surface area contributed by atoms with E-state index in [1.807, 2.05) is 46.4 Å². The molecule has 0 amide bonds. The number of halogens is 3. The van der Waals surface area contributed by atoms with E-state index in [0.717, 1.165) is 16.2 Å². The van der Waals surface area contributed by atoms with Gasteiger partial charge in [0, 0.05) is 46.4 Å². The first-order valence-electron chi connectivity index (χ1n) is 6.46. The number of thiazole rings is 1. The molecule has 0 aliphatic heterocycles. The topological polar surface area (TPSA) is 17.3 Å². The smallest absolute Gasteiger partial charge is 0.193 e. The van der Waals surface area contributed by atoms with Crippen LogP contribution in [0, 0.1) is 0 Å². The van der Waals surface area contributed by atoms with Gasteiger partial charge in [-0.25, -0.2) is 4.98 Å². The van der Waals surface area contributed by atoms with E-state index in [1.165, 1.54) is 0 Å². The Bertz CT molecular complexity index is 718. The van der Waals surface area contributed by atoms with Gasteiger partial charge in [-0.3, -0.25) is 4.40 Å². The quantitative estimate of drug-likeness (QED) is 0.585. The zero-order valence-corrected chi connectivity index (χ0v) is 14.2. The van der Waals surface area contributed by atoms with E-state index in [1.54, 1.807) is 11.3 Å². The molecular weight excluding hydrogens is 347 g/mol. The van der Waals surface area contributed by atoms with Gasteiger partial charge in [-0.1, -0.05) is 23.7 Å². The van der Waals surface area contributed by atoms with Crippen LogP contribution in [0.1, 0.15) is 11.3 Å². The minimum atomic E-state index is -0.363. The average molecular weight is 360 g/mol. The number of rotatable bonds is 5. The fourth-order valence-electron chi connectivity index (χ4n) is 2.41. The number of alkyl halides is 2. The van der Waals surface area contributed by atoms with Crippen molar-refractivity contribution < 1.29 is 0 Å². The van der Waals surface area contributed by atoms with Crippen molar-refractivity contribution in [3.63, 3.8) is 0 Å². The van der Waals surface area contributed by atoms with Crippen LogP contribution in [-0.4, -0.2) is 21.1 Å². The van der Waals surface area contributed by atoms with Crippen molar-refractivity contribution in [1.82, 2.24) is 9.38 Å². The number of nitrogens with zero attached hydrogens (tertiary/aromatic N) is 2. The highest BCUT2D eigenvalue weighted by Crippen LogP contribution is 2.33. The molecule has 2 heterocycles. The minimum absolute atomic E-state index is 0.363. The fourth-order valence-corrected chi connectivity index (χ4v) is 4.11. The van der Waals surface area contributed by atoms with E-state index in [0.29, 0.717) is 23.2 Å². The molecule has 0 saturated heterocycles. The summed E-state index contributed by atoms with van der Waals surface area (Å²) < 4.78 is 2.02. The van der Waals surface area contributed by atoms with Crippen LogP contribution in [0.2, 0.25) is 5.02 Å². The molecule has 0 aliphatic carbocycles. The van der Waals surface area contributed by atoms with Crippen molar-refractivity contribution in [2.75, 3.05) is 11.8 Å². The molecule has 0 fully saturated rings. The Morgan fingerprint density at radius 3 is 2.71 bits per heavy atom. The Kier molecular flexibility index (Phi) is 4.46. The number of aromatic nitrogens is 2. The molecule has 2 nitrogen and oxygen atoms in total. The van der Waals surface area contributed by atoms with E-state index in [2.05, 4.69) is 4.98 Å². The summed E-state index contributed by atoms with van der Waals surface area (Å²) in [5.74, 6) is 0.837. The van der Waals surface area contributed by atoms with Crippen molar-refractivity contribution in [2.24, 2.45) is 0 Å². The Morgan fingerprint density at radius 1 is 1.24 bits per heavy atom. The second-order valence-electron chi connectivity index (χ2n) is 5.06. The molecule has 0 aliphatic rings. The second-order valence-corrected chi connectivity index (χ2v) is 6.90. The lowest BCUT2D eigenvalue weighted by Gasteiger charge is -2.29. The summed E-state index contributed by atoms with van der Waals surface area (Å²) in [6, 6.07) is 7.74. The fraction of sp³-hybridized carbons (Fsp3) is 0.267. The summed E-state index contributed by atoms with van der Waals surface area (Å²) in [6.45, 7) is 0. The first-order valence-corrected chi connectivity index (χ1v) is 8.78. The number of hydrogen-bond donors (Lipinski definition) is 0. The largest absolute Gasteiger partial charge is 0.297 e. The van der Waals surface area contributed by atoms with Gasteiger partial charge in [-0.2, -0.15) is 0 Å². The third kappa shape index (κ3) is 2.93. The Labute approximate surface area is 142 Å². The van der Waals surface area contributed by atoms with Crippen molar-refractivity contribution in [3.05, 3.63) is 58.3 Å². The molecular formula is C15H13Cl3N2S. The predicted molar refractivity (Wildman–Crippen MR) is 91.3 cm³/mol. The first-order chi connectivity index (χ1) is 10.2. The van der Waals surface area contributed by atoms with Crippen LogP contribution in [0.15, 0.2) is 42.0 Å². The van der Waals surface area contributed by atoms with Crippen molar-refractivity contribution in [2.45, 2.75) is 11.8 Å². The zero-order chi connectivity index (χ0) is 14.9. The van der Waals surface area contributed by atoms with E-state index in [4.69, 9.17) is 34.8 Å². The maximum Gasteiger partial charge on any atom is 0.193 e. The Morgan fingerprint density at radius 2 is 2.05 bits per heavy atom. The van der Waals surface area contributed by atoms with Crippen LogP contribution in [0.3, 0.4) is 0 Å². The standard InChI is InChI=1S/C15H13Cl3N2S/c16-9-15(10-17,11-2-1-3-12(18)6-11)7-13-8-20-4-5-21-14(20)19-13/h1-6,8H,7,9-10H2. The monoisotopic (exact) mass is 358 g/mol. The van der Waals surface area contributed by atoms with E-state index in [-0.39, 0.29) is 5.41 Å². The third-order valence-corrected chi connectivity index (χ3v) is 5.64. The summed E-state index contributed by atoms with van der Waals surface area (Å²) in [4.78, 5) is 5.61. The summed E-state index contributed by atoms with van der Waals surface area (Å²) in [5, 5.41) is 2.71. The molecule has 110 valence electrons. The number of fused-ring (bicyclic) bond motifs is 1. The molecule has 0 atom stereocenters. The molecule has 0 N–H and O–H groups in total. The van der Waals surface area contributed by atoms with Gasteiger partial charge < -0.3 is 0 Å². The van der Waals surface area contributed by atoms with Gasteiger partial charge in [-0.05, 0) is 17.7 Å². The summed E-state index contributed by atoms with van der Waals surface area (Å²) >= 11 is 20.3. The lowest BCUT2D eigenvalue weighted by Crippen LogP contribution is -2.33. The van der Waals surface area contributed by atoms with Gasteiger partial charge in [-0.15, -0.1) is 34.5 Å². The molecule has 0 spiro atoms. The van der Waals surface area contributed by atoms with E-state index in [9.17, 15) is 0 Å². The molecule has 0 unspecified atom stereocenters. The van der Waals surface area contributed by atoms with Gasteiger partial charge in [0.2, 0.25) is 0 Å². The number of hydrogen-bond acceptors (Lipinski definition) is 2. The molecule has 0 radical (unpaired) electrons. The van der Waals surface area contributed by atoms with Gasteiger partial charge in [0.1, 0.15) is 0 Å². The molecule has 0 bridgehead atoms. The second kappa shape index (κ2) is 6.17. The summed E-state index contributed by atoms with van der Waals surface area (Å²) in [5.41, 5.74) is 1.68. The van der Waals surface area contributed by atoms with Gasteiger partial charge >= 0.3 is 0 Å². The Balaban J connectivity index is 1.98. The average Bonchev–Trinajstić information content (AvgIpc) is 3.06. The van der Waals surface area contributed by atoms with Gasteiger partial charge in [0.15, 0.2) is 4.96 Å². The van der Waals surface area contributed by atoms with Crippen LogP contribution in [-0.2, 0) is 11.8 Å². The highest BCUT2D eigenvalue weighted by Gasteiger charge is 2.32. The highest BCUT2D eigenvalue weighted by atomic mass is 35.5. The molecule has 3 rings (SSSR count). The maximum atomic E-state index is 6.27. The molecule has 1 aromatic carbocycles. The van der Waals surface area contributed by atoms with Gasteiger partial charge in [0.05, 0.1) is 5.69 Å². The maximum absolute atomic E-state index is 6.27. The molecule has 21 heavy (non-hydrogen) atoms. The number of benzene rings is 1. The van der Waals surface area contributed by atoms with Crippen LogP contribution in [0.5, 0.6) is 0 Å². The summed E-state index contributed by atoms with van der Waals surface area (Å²) in [6.07, 6.45) is 4.72. The van der Waals surface area contributed by atoms with Crippen LogP contribution < -0.4 is 0 Å². The first kappa shape index (κ1) is 15.2. The van der Waals surface area contributed by atoms with Crippen LogP contribution in [0.4, 0.5) is 0 Å². The number of imidazole rings is 1. The van der Waals surface area contributed by atoms with Crippen LogP contribution in [0.25, 0.3) is 4.96 Å².